The summed E-state index contributed by atoms with van der Waals surface area (Å²) in [6.07, 6.45) is 7.75. The molecule has 3 heterocycles. The summed E-state index contributed by atoms with van der Waals surface area (Å²) in [5.41, 5.74) is 2.03. The highest BCUT2D eigenvalue weighted by atomic mass is 127. The SMILES string of the molecule is CN(C)C(=NCc1ccccc1)NCC1CCCN(c2nccn3cnnc23)C1.I. The molecule has 3 aromatic rings. The van der Waals surface area contributed by atoms with Gasteiger partial charge in [0.2, 0.25) is 5.65 Å². The van der Waals surface area contributed by atoms with Crippen molar-refractivity contribution in [3.05, 3.63) is 54.6 Å². The monoisotopic (exact) mass is 520 g/mol. The summed E-state index contributed by atoms with van der Waals surface area (Å²) in [4.78, 5) is 13.7. The minimum atomic E-state index is 0. The van der Waals surface area contributed by atoms with E-state index in [0.717, 1.165) is 43.5 Å². The maximum atomic E-state index is 4.77. The average molecular weight is 520 g/mol. The Morgan fingerprint density at radius 1 is 1.27 bits per heavy atom. The van der Waals surface area contributed by atoms with Gasteiger partial charge >= 0.3 is 0 Å². The van der Waals surface area contributed by atoms with Gasteiger partial charge in [-0.15, -0.1) is 34.2 Å². The van der Waals surface area contributed by atoms with Gasteiger partial charge < -0.3 is 15.1 Å². The van der Waals surface area contributed by atoms with Gasteiger partial charge in [-0.1, -0.05) is 30.3 Å². The van der Waals surface area contributed by atoms with E-state index in [2.05, 4.69) is 37.5 Å². The molecule has 1 aliphatic heterocycles. The predicted molar refractivity (Wildman–Crippen MR) is 130 cm³/mol. The number of hydrogen-bond donors (Lipinski definition) is 1. The van der Waals surface area contributed by atoms with Crippen LogP contribution in [0.3, 0.4) is 0 Å². The Hall–Kier alpha value is -2.43. The number of piperidine rings is 1. The van der Waals surface area contributed by atoms with E-state index >= 15 is 0 Å². The third kappa shape index (κ3) is 5.38. The zero-order valence-electron chi connectivity index (χ0n) is 17.5. The van der Waals surface area contributed by atoms with E-state index in [0.29, 0.717) is 12.5 Å². The molecule has 1 unspecified atom stereocenters. The zero-order chi connectivity index (χ0) is 20.1. The van der Waals surface area contributed by atoms with Crippen molar-refractivity contribution in [2.75, 3.05) is 38.6 Å². The van der Waals surface area contributed by atoms with E-state index in [1.807, 2.05) is 54.0 Å². The van der Waals surface area contributed by atoms with Crippen molar-refractivity contribution in [2.45, 2.75) is 19.4 Å². The second kappa shape index (κ2) is 10.6. The lowest BCUT2D eigenvalue weighted by atomic mass is 9.98. The third-order valence-corrected chi connectivity index (χ3v) is 5.24. The fraction of sp³-hybridized carbons (Fsp3) is 0.429. The second-order valence-electron chi connectivity index (χ2n) is 7.67. The molecule has 0 saturated carbocycles. The molecule has 0 bridgehead atoms. The molecule has 4 rings (SSSR count). The summed E-state index contributed by atoms with van der Waals surface area (Å²) >= 11 is 0. The Morgan fingerprint density at radius 2 is 2.10 bits per heavy atom. The van der Waals surface area contributed by atoms with Crippen LogP contribution in [0, 0.1) is 5.92 Å². The van der Waals surface area contributed by atoms with Gasteiger partial charge in [0, 0.05) is 46.1 Å². The molecule has 1 fully saturated rings. The number of guanidine groups is 1. The first-order valence-electron chi connectivity index (χ1n) is 10.1. The summed E-state index contributed by atoms with van der Waals surface area (Å²) in [7, 11) is 4.06. The minimum absolute atomic E-state index is 0. The lowest BCUT2D eigenvalue weighted by Crippen LogP contribution is -2.44. The summed E-state index contributed by atoms with van der Waals surface area (Å²) in [6, 6.07) is 10.3. The molecule has 1 atom stereocenters. The Balaban J connectivity index is 0.00000256. The number of nitrogens with zero attached hydrogens (tertiary/aromatic N) is 7. The summed E-state index contributed by atoms with van der Waals surface area (Å²) < 4.78 is 1.92. The molecule has 0 spiro atoms. The van der Waals surface area contributed by atoms with E-state index in [9.17, 15) is 0 Å². The van der Waals surface area contributed by atoms with Gasteiger partial charge in [0.05, 0.1) is 6.54 Å². The molecule has 1 saturated heterocycles. The van der Waals surface area contributed by atoms with Gasteiger partial charge in [-0.05, 0) is 24.3 Å². The van der Waals surface area contributed by atoms with Crippen LogP contribution < -0.4 is 10.2 Å². The van der Waals surface area contributed by atoms with E-state index in [1.54, 1.807) is 6.33 Å². The van der Waals surface area contributed by atoms with Crippen LogP contribution >= 0.6 is 24.0 Å². The molecule has 8 nitrogen and oxygen atoms in total. The number of fused-ring (bicyclic) bond motifs is 1. The normalized spacial score (nSPS) is 16.9. The smallest absolute Gasteiger partial charge is 0.203 e. The van der Waals surface area contributed by atoms with Crippen molar-refractivity contribution in [1.29, 1.82) is 0 Å². The predicted octanol–water partition coefficient (Wildman–Crippen LogP) is 2.67. The van der Waals surface area contributed by atoms with Crippen molar-refractivity contribution in [3.63, 3.8) is 0 Å². The second-order valence-corrected chi connectivity index (χ2v) is 7.67. The highest BCUT2D eigenvalue weighted by Gasteiger charge is 2.23. The Bertz CT molecular complexity index is 956. The molecule has 2 aromatic heterocycles. The molecule has 1 aromatic carbocycles. The fourth-order valence-electron chi connectivity index (χ4n) is 3.73. The van der Waals surface area contributed by atoms with Gasteiger partial charge in [-0.2, -0.15) is 0 Å². The van der Waals surface area contributed by atoms with Crippen molar-refractivity contribution >= 4 is 41.4 Å². The maximum Gasteiger partial charge on any atom is 0.203 e. The lowest BCUT2D eigenvalue weighted by Gasteiger charge is -2.34. The molecule has 0 radical (unpaired) electrons. The first-order chi connectivity index (χ1) is 14.2. The molecular formula is C21H29IN8. The van der Waals surface area contributed by atoms with E-state index in [-0.39, 0.29) is 24.0 Å². The van der Waals surface area contributed by atoms with Gasteiger partial charge in [0.15, 0.2) is 11.8 Å². The molecule has 9 heteroatoms. The number of hydrogen-bond acceptors (Lipinski definition) is 5. The van der Waals surface area contributed by atoms with Crippen LogP contribution in [0.4, 0.5) is 5.82 Å². The molecule has 160 valence electrons. The maximum absolute atomic E-state index is 4.77. The number of aliphatic imine (C=N–C) groups is 1. The molecule has 30 heavy (non-hydrogen) atoms. The number of aromatic nitrogens is 4. The van der Waals surface area contributed by atoms with Crippen molar-refractivity contribution in [2.24, 2.45) is 10.9 Å². The van der Waals surface area contributed by atoms with Crippen LogP contribution in [0.5, 0.6) is 0 Å². The molecule has 1 aliphatic rings. The fourth-order valence-corrected chi connectivity index (χ4v) is 3.73. The summed E-state index contributed by atoms with van der Waals surface area (Å²) in [5.74, 6) is 2.36. The molecular weight excluding hydrogens is 491 g/mol. The quantitative estimate of drug-likeness (QED) is 0.317. The number of anilines is 1. The Morgan fingerprint density at radius 3 is 2.90 bits per heavy atom. The summed E-state index contributed by atoms with van der Waals surface area (Å²) in [5, 5.41) is 11.8. The molecule has 0 aliphatic carbocycles. The van der Waals surface area contributed by atoms with Crippen LogP contribution in [-0.2, 0) is 6.54 Å². The Kier molecular flexibility index (Phi) is 7.83. The first-order valence-corrected chi connectivity index (χ1v) is 10.1. The Labute approximate surface area is 194 Å². The molecule has 1 N–H and O–H groups in total. The van der Waals surface area contributed by atoms with E-state index < -0.39 is 0 Å². The number of nitrogens with one attached hydrogen (secondary N) is 1. The van der Waals surface area contributed by atoms with Crippen LogP contribution in [0.2, 0.25) is 0 Å². The zero-order valence-corrected chi connectivity index (χ0v) is 19.8. The standard InChI is InChI=1S/C21H28N8.HI/c1-27(2)21(23-13-17-7-4-3-5-8-17)24-14-18-9-6-11-28(15-18)19-20-26-25-16-29(20)12-10-22-19;/h3-5,7-8,10,12,16,18H,6,9,11,13-15H2,1-2H3,(H,23,24);1H. The van der Waals surface area contributed by atoms with Gasteiger partial charge in [0.1, 0.15) is 6.33 Å². The molecule has 0 amide bonds. The van der Waals surface area contributed by atoms with Crippen molar-refractivity contribution < 1.29 is 0 Å². The van der Waals surface area contributed by atoms with Crippen molar-refractivity contribution in [1.82, 2.24) is 29.8 Å². The minimum Gasteiger partial charge on any atom is -0.356 e. The van der Waals surface area contributed by atoms with Gasteiger partial charge in [0.25, 0.3) is 0 Å². The van der Waals surface area contributed by atoms with Gasteiger partial charge in [-0.25, -0.2) is 9.98 Å². The van der Waals surface area contributed by atoms with Crippen LogP contribution in [0.15, 0.2) is 54.0 Å². The first kappa shape index (κ1) is 22.3. The van der Waals surface area contributed by atoms with Crippen LogP contribution in [0.25, 0.3) is 5.65 Å². The van der Waals surface area contributed by atoms with Crippen LogP contribution in [-0.4, -0.2) is 64.2 Å². The largest absolute Gasteiger partial charge is 0.356 e. The highest BCUT2D eigenvalue weighted by molar-refractivity contribution is 14.0. The highest BCUT2D eigenvalue weighted by Crippen LogP contribution is 2.23. The van der Waals surface area contributed by atoms with E-state index in [4.69, 9.17) is 4.99 Å². The topological polar surface area (TPSA) is 74.0 Å². The van der Waals surface area contributed by atoms with Crippen molar-refractivity contribution in [3.8, 4) is 0 Å². The lowest BCUT2D eigenvalue weighted by molar-refractivity contribution is 0.403. The van der Waals surface area contributed by atoms with Gasteiger partial charge in [-0.3, -0.25) is 4.40 Å². The van der Waals surface area contributed by atoms with Crippen LogP contribution in [0.1, 0.15) is 18.4 Å². The summed E-state index contributed by atoms with van der Waals surface area (Å²) in [6.45, 7) is 3.51. The third-order valence-electron chi connectivity index (χ3n) is 5.24. The van der Waals surface area contributed by atoms with E-state index in [1.165, 1.54) is 12.0 Å². The number of halogens is 1. The average Bonchev–Trinajstić information content (AvgIpc) is 3.23. The number of rotatable bonds is 5. The number of benzene rings is 1.